The van der Waals surface area contributed by atoms with Crippen molar-refractivity contribution < 1.29 is 9.29 Å². The van der Waals surface area contributed by atoms with Crippen molar-refractivity contribution in [1.29, 1.82) is 0 Å². The summed E-state index contributed by atoms with van der Waals surface area (Å²) >= 11 is 0.436. The van der Waals surface area contributed by atoms with Gasteiger partial charge >= 0.3 is 0 Å². The highest BCUT2D eigenvalue weighted by atomic mass is 32.2. The molecule has 9 heteroatoms. The van der Waals surface area contributed by atoms with Gasteiger partial charge in [0.1, 0.15) is 10.5 Å². The lowest BCUT2D eigenvalue weighted by atomic mass is 10.0. The average Bonchev–Trinajstić information content (AvgIpc) is 3.37. The Balaban J connectivity index is 1.73. The lowest BCUT2D eigenvalue weighted by Crippen LogP contribution is -2.11. The van der Waals surface area contributed by atoms with Crippen molar-refractivity contribution in [2.75, 3.05) is 25.2 Å². The first kappa shape index (κ1) is 20.9. The fourth-order valence-corrected chi connectivity index (χ4v) is 6.26. The van der Waals surface area contributed by atoms with E-state index in [9.17, 15) is 4.55 Å². The molecule has 0 bridgehead atoms. The number of thiophene rings is 1. The third-order valence-electron chi connectivity index (χ3n) is 5.32. The molecule has 0 saturated carbocycles. The van der Waals surface area contributed by atoms with E-state index < -0.39 is 11.2 Å². The maximum Gasteiger partial charge on any atom is 0.269 e. The summed E-state index contributed by atoms with van der Waals surface area (Å²) in [6, 6.07) is 14.2. The van der Waals surface area contributed by atoms with Crippen LogP contribution in [0.2, 0.25) is 0 Å². The highest BCUT2D eigenvalue weighted by Gasteiger charge is 2.30. The van der Waals surface area contributed by atoms with Gasteiger partial charge in [-0.3, -0.25) is 0 Å². The molecule has 0 radical (unpaired) electrons. The second-order valence-corrected chi connectivity index (χ2v) is 10.2. The molecule has 0 aliphatic carbocycles. The quantitative estimate of drug-likeness (QED) is 0.357. The van der Waals surface area contributed by atoms with Crippen molar-refractivity contribution in [2.24, 2.45) is 7.05 Å². The number of hydrogen-bond acceptors (Lipinski definition) is 7. The molecule has 4 aromatic heterocycles. The fourth-order valence-electron chi connectivity index (χ4n) is 3.67. The molecule has 1 aromatic carbocycles. The molecule has 0 aliphatic heterocycles. The highest BCUT2D eigenvalue weighted by Crippen LogP contribution is 2.43. The van der Waals surface area contributed by atoms with E-state index in [1.165, 1.54) is 11.3 Å². The number of aromatic nitrogens is 4. The van der Waals surface area contributed by atoms with Crippen LogP contribution in [0, 0.1) is 0 Å². The van der Waals surface area contributed by atoms with Crippen LogP contribution in [0.3, 0.4) is 0 Å². The molecule has 0 spiro atoms. The van der Waals surface area contributed by atoms with Gasteiger partial charge in [0.25, 0.3) is 4.21 Å². The lowest BCUT2D eigenvalue weighted by molar-refractivity contribution is 0.217. The van der Waals surface area contributed by atoms with Crippen molar-refractivity contribution in [2.45, 2.75) is 4.21 Å². The molecule has 0 amide bonds. The van der Waals surface area contributed by atoms with Crippen LogP contribution in [0.1, 0.15) is 0 Å². The number of benzene rings is 1. The standard InChI is InChI=1S/C23H22N5O2S2/c1-28-13-26-21-18(28)10-15(12-25-21)17-11-16(14-6-4-3-5-7-14)19-20(24)23(31-22(19)27-17)32(29)9-8-30-2/h3-7,10-13,29H,8-9,24H2,1-2H3/q+1. The van der Waals surface area contributed by atoms with Crippen LogP contribution in [-0.2, 0) is 23.0 Å². The van der Waals surface area contributed by atoms with Gasteiger partial charge in [0.05, 0.1) is 24.1 Å². The molecular formula is C23H22N5O2S2+. The molecule has 1 unspecified atom stereocenters. The molecular weight excluding hydrogens is 442 g/mol. The van der Waals surface area contributed by atoms with E-state index in [0.29, 0.717) is 23.7 Å². The number of methoxy groups -OCH3 is 1. The topological polar surface area (TPSA) is 99.1 Å². The van der Waals surface area contributed by atoms with Gasteiger partial charge in [-0.1, -0.05) is 41.7 Å². The Morgan fingerprint density at radius 3 is 2.75 bits per heavy atom. The number of nitrogens with two attached hydrogens (primary N) is 1. The molecule has 1 atom stereocenters. The molecule has 5 aromatic rings. The molecule has 0 fully saturated rings. The van der Waals surface area contributed by atoms with E-state index in [4.69, 9.17) is 15.5 Å². The van der Waals surface area contributed by atoms with Gasteiger partial charge < -0.3 is 15.0 Å². The first-order valence-electron chi connectivity index (χ1n) is 10.0. The largest absolute Gasteiger partial charge is 0.393 e. The summed E-state index contributed by atoms with van der Waals surface area (Å²) in [5.74, 6) is 0.502. The number of aryl methyl sites for hydroxylation is 1. The lowest BCUT2D eigenvalue weighted by Gasteiger charge is -2.08. The minimum Gasteiger partial charge on any atom is -0.393 e. The van der Waals surface area contributed by atoms with E-state index in [-0.39, 0.29) is 0 Å². The minimum atomic E-state index is -1.00. The molecule has 0 aliphatic rings. The summed E-state index contributed by atoms with van der Waals surface area (Å²) < 4.78 is 18.6. The number of imidazole rings is 1. The molecule has 162 valence electrons. The van der Waals surface area contributed by atoms with E-state index in [0.717, 1.165) is 42.3 Å². The number of nitrogens with zero attached hydrogens (tertiary/aromatic N) is 4. The van der Waals surface area contributed by atoms with Crippen LogP contribution >= 0.6 is 11.3 Å². The molecule has 4 heterocycles. The van der Waals surface area contributed by atoms with Crippen molar-refractivity contribution in [3.05, 3.63) is 55.0 Å². The summed E-state index contributed by atoms with van der Waals surface area (Å²) in [7, 11) is 3.57. The van der Waals surface area contributed by atoms with E-state index in [1.807, 2.05) is 41.9 Å². The summed E-state index contributed by atoms with van der Waals surface area (Å²) in [5, 5.41) is 0.874. The normalized spacial score (nSPS) is 12.6. The van der Waals surface area contributed by atoms with Crippen molar-refractivity contribution in [3.63, 3.8) is 0 Å². The third kappa shape index (κ3) is 3.63. The average molecular weight is 465 g/mol. The Morgan fingerprint density at radius 1 is 1.16 bits per heavy atom. The smallest absolute Gasteiger partial charge is 0.269 e. The summed E-state index contributed by atoms with van der Waals surface area (Å²) in [6.45, 7) is 0.466. The summed E-state index contributed by atoms with van der Waals surface area (Å²) in [6.07, 6.45) is 3.55. The number of ether oxygens (including phenoxy) is 1. The zero-order valence-corrected chi connectivity index (χ0v) is 19.3. The molecule has 5 rings (SSSR count). The number of hydrogen-bond donors (Lipinski definition) is 2. The Kier molecular flexibility index (Phi) is 5.56. The monoisotopic (exact) mass is 464 g/mol. The molecule has 7 nitrogen and oxygen atoms in total. The van der Waals surface area contributed by atoms with Gasteiger partial charge in [-0.05, 0) is 23.3 Å². The van der Waals surface area contributed by atoms with Crippen molar-refractivity contribution in [1.82, 2.24) is 19.5 Å². The predicted molar refractivity (Wildman–Crippen MR) is 132 cm³/mol. The van der Waals surface area contributed by atoms with Gasteiger partial charge in [0.2, 0.25) is 0 Å². The van der Waals surface area contributed by atoms with Crippen LogP contribution in [0.5, 0.6) is 0 Å². The number of anilines is 1. The van der Waals surface area contributed by atoms with E-state index in [2.05, 4.69) is 22.1 Å². The molecule has 32 heavy (non-hydrogen) atoms. The number of nitrogen functional groups attached to an aromatic ring is 1. The Bertz CT molecular complexity index is 1410. The second kappa shape index (κ2) is 8.51. The van der Waals surface area contributed by atoms with Crippen LogP contribution in [0.4, 0.5) is 5.69 Å². The van der Waals surface area contributed by atoms with Crippen LogP contribution in [0.25, 0.3) is 43.8 Å². The van der Waals surface area contributed by atoms with Crippen LogP contribution in [-0.4, -0.2) is 43.5 Å². The van der Waals surface area contributed by atoms with Crippen LogP contribution < -0.4 is 5.73 Å². The van der Waals surface area contributed by atoms with Gasteiger partial charge in [0.15, 0.2) is 22.6 Å². The summed E-state index contributed by atoms with van der Waals surface area (Å²) in [5.41, 5.74) is 12.5. The zero-order chi connectivity index (χ0) is 22.2. The number of pyridine rings is 2. The van der Waals surface area contributed by atoms with Gasteiger partial charge in [-0.15, -0.1) is 0 Å². The summed E-state index contributed by atoms with van der Waals surface area (Å²) in [4.78, 5) is 14.5. The first-order valence-corrected chi connectivity index (χ1v) is 12.2. The first-order chi connectivity index (χ1) is 15.6. The van der Waals surface area contributed by atoms with E-state index >= 15 is 0 Å². The molecule has 3 N–H and O–H groups in total. The van der Waals surface area contributed by atoms with Crippen LogP contribution in [0.15, 0.2) is 59.2 Å². The predicted octanol–water partition coefficient (Wildman–Crippen LogP) is 4.59. The number of fused-ring (bicyclic) bond motifs is 2. The van der Waals surface area contributed by atoms with Gasteiger partial charge in [-0.2, -0.15) is 4.55 Å². The Hall–Kier alpha value is -2.98. The minimum absolute atomic E-state index is 0.466. The van der Waals surface area contributed by atoms with Gasteiger partial charge in [0, 0.05) is 31.3 Å². The second-order valence-electron chi connectivity index (χ2n) is 7.39. The van der Waals surface area contributed by atoms with E-state index in [1.54, 1.807) is 19.6 Å². The maximum absolute atomic E-state index is 10.7. The van der Waals surface area contributed by atoms with Gasteiger partial charge in [-0.25, -0.2) is 15.0 Å². The fraction of sp³-hybridized carbons (Fsp3) is 0.174. The SMILES string of the molecule is COCC[S+](O)c1sc2nc(-c3cnc4ncn(C)c4c3)cc(-c3ccccc3)c2c1N. The third-order valence-corrected chi connectivity index (χ3v) is 8.24. The Morgan fingerprint density at radius 2 is 1.97 bits per heavy atom. The van der Waals surface area contributed by atoms with Crippen molar-refractivity contribution in [3.8, 4) is 22.4 Å². The molecule has 0 saturated heterocycles. The zero-order valence-electron chi connectivity index (χ0n) is 17.6. The number of rotatable bonds is 6. The maximum atomic E-state index is 10.7. The highest BCUT2D eigenvalue weighted by molar-refractivity contribution is 7.93. The Labute approximate surface area is 192 Å². The van der Waals surface area contributed by atoms with Crippen molar-refractivity contribution >= 4 is 49.6 Å².